The van der Waals surface area contributed by atoms with E-state index in [1.807, 2.05) is 60.8 Å². The summed E-state index contributed by atoms with van der Waals surface area (Å²) in [6.07, 6.45) is 1.87. The van der Waals surface area contributed by atoms with E-state index >= 15 is 0 Å². The molecule has 0 saturated heterocycles. The van der Waals surface area contributed by atoms with Gasteiger partial charge >= 0.3 is 0 Å². The van der Waals surface area contributed by atoms with Gasteiger partial charge in [0.25, 0.3) is 5.91 Å². The van der Waals surface area contributed by atoms with Crippen molar-refractivity contribution in [2.45, 2.75) is 5.41 Å². The molecule has 0 N–H and O–H groups in total. The van der Waals surface area contributed by atoms with Crippen LogP contribution in [0.3, 0.4) is 0 Å². The normalized spacial score (nSPS) is 11.2. The molecule has 0 bridgehead atoms. The van der Waals surface area contributed by atoms with Gasteiger partial charge < -0.3 is 0 Å². The van der Waals surface area contributed by atoms with E-state index in [0.29, 0.717) is 5.56 Å². The Hall–Kier alpha value is -4.17. The van der Waals surface area contributed by atoms with Crippen molar-refractivity contribution in [3.8, 4) is 0 Å². The van der Waals surface area contributed by atoms with Gasteiger partial charge in [0.2, 0.25) is 0 Å². The van der Waals surface area contributed by atoms with E-state index in [-0.39, 0.29) is 5.91 Å². The summed E-state index contributed by atoms with van der Waals surface area (Å²) in [4.78, 5) is 13.6. The second-order valence-corrected chi connectivity index (χ2v) is 7.78. The highest BCUT2D eigenvalue weighted by Gasteiger charge is 2.41. The van der Waals surface area contributed by atoms with Gasteiger partial charge in [0.15, 0.2) is 0 Å². The maximum atomic E-state index is 13.6. The lowest BCUT2D eigenvalue weighted by Crippen LogP contribution is -2.35. The first-order valence-electron chi connectivity index (χ1n) is 10.8. The summed E-state index contributed by atoms with van der Waals surface area (Å²) >= 11 is 0. The molecule has 0 fully saturated rings. The number of aromatic nitrogens is 1. The number of hydrogen-bond acceptors (Lipinski definition) is 1. The smallest absolute Gasteiger partial charge is 0.262 e. The Balaban J connectivity index is 1.85. The zero-order valence-electron chi connectivity index (χ0n) is 17.6. The van der Waals surface area contributed by atoms with Crippen LogP contribution in [0.1, 0.15) is 32.7 Å². The Morgan fingerprint density at radius 1 is 0.500 bits per heavy atom. The molecule has 5 aromatic rings. The van der Waals surface area contributed by atoms with Crippen molar-refractivity contribution in [1.82, 2.24) is 4.57 Å². The van der Waals surface area contributed by atoms with E-state index < -0.39 is 5.41 Å². The number of nitrogens with zero attached hydrogens (tertiary/aromatic N) is 1. The maximum absolute atomic E-state index is 13.6. The van der Waals surface area contributed by atoms with E-state index in [9.17, 15) is 4.79 Å². The Bertz CT molecular complexity index is 1210. The van der Waals surface area contributed by atoms with Crippen LogP contribution in [0, 0.1) is 0 Å². The number of benzene rings is 4. The predicted molar refractivity (Wildman–Crippen MR) is 129 cm³/mol. The Morgan fingerprint density at radius 3 is 1.34 bits per heavy atom. The van der Waals surface area contributed by atoms with Crippen LogP contribution in [-0.4, -0.2) is 10.5 Å². The molecule has 0 saturated carbocycles. The molecular weight excluding hydrogens is 390 g/mol. The van der Waals surface area contributed by atoms with Crippen molar-refractivity contribution >= 4 is 5.91 Å². The molecule has 154 valence electrons. The molecule has 0 spiro atoms. The van der Waals surface area contributed by atoms with Crippen LogP contribution in [-0.2, 0) is 5.41 Å². The Labute approximate surface area is 188 Å². The monoisotopic (exact) mass is 413 g/mol. The fraction of sp³-hybridized carbons (Fsp3) is 0.0333. The zero-order valence-corrected chi connectivity index (χ0v) is 17.6. The largest absolute Gasteiger partial charge is 0.286 e. The van der Waals surface area contributed by atoms with Crippen molar-refractivity contribution < 1.29 is 4.79 Å². The Kier molecular flexibility index (Phi) is 5.27. The number of hydrogen-bond donors (Lipinski definition) is 0. The lowest BCUT2D eigenvalue weighted by Gasteiger charge is -2.37. The summed E-state index contributed by atoms with van der Waals surface area (Å²) in [5, 5.41) is 0. The molecule has 32 heavy (non-hydrogen) atoms. The molecule has 2 nitrogen and oxygen atoms in total. The molecule has 0 aliphatic rings. The van der Waals surface area contributed by atoms with Crippen LogP contribution >= 0.6 is 0 Å². The molecule has 0 aliphatic carbocycles. The molecule has 0 aliphatic heterocycles. The molecule has 4 aromatic carbocycles. The predicted octanol–water partition coefficient (Wildman–Crippen LogP) is 6.56. The van der Waals surface area contributed by atoms with Crippen LogP contribution in [0.15, 0.2) is 140 Å². The van der Waals surface area contributed by atoms with Gasteiger partial charge in [0.05, 0.1) is 5.41 Å². The highest BCUT2D eigenvalue weighted by molar-refractivity contribution is 5.96. The zero-order chi connectivity index (χ0) is 21.8. The minimum Gasteiger partial charge on any atom is -0.286 e. The third kappa shape index (κ3) is 3.27. The second-order valence-electron chi connectivity index (χ2n) is 7.78. The minimum atomic E-state index is -0.655. The lowest BCUT2D eigenvalue weighted by atomic mass is 9.67. The van der Waals surface area contributed by atoms with Crippen LogP contribution in [0.25, 0.3) is 0 Å². The van der Waals surface area contributed by atoms with Crippen LogP contribution in [0.4, 0.5) is 0 Å². The molecule has 0 amide bonds. The fourth-order valence-electron chi connectivity index (χ4n) is 4.59. The van der Waals surface area contributed by atoms with Crippen LogP contribution in [0.5, 0.6) is 0 Å². The van der Waals surface area contributed by atoms with Crippen LogP contribution in [0.2, 0.25) is 0 Å². The highest BCUT2D eigenvalue weighted by atomic mass is 16.2. The lowest BCUT2D eigenvalue weighted by molar-refractivity contribution is 0.0955. The van der Waals surface area contributed by atoms with E-state index in [2.05, 4.69) is 78.9 Å². The van der Waals surface area contributed by atoms with Gasteiger partial charge in [-0.2, -0.15) is 0 Å². The van der Waals surface area contributed by atoms with Crippen molar-refractivity contribution in [2.24, 2.45) is 0 Å². The fourth-order valence-corrected chi connectivity index (χ4v) is 4.59. The van der Waals surface area contributed by atoms with Gasteiger partial charge in [-0.15, -0.1) is 0 Å². The highest BCUT2D eigenvalue weighted by Crippen LogP contribution is 2.45. The first kappa shape index (κ1) is 19.8. The summed E-state index contributed by atoms with van der Waals surface area (Å²) in [5.41, 5.74) is 4.25. The topological polar surface area (TPSA) is 22.0 Å². The third-order valence-corrected chi connectivity index (χ3v) is 5.99. The van der Waals surface area contributed by atoms with E-state index in [1.54, 1.807) is 4.57 Å². The van der Waals surface area contributed by atoms with Crippen molar-refractivity contribution in [2.75, 3.05) is 0 Å². The first-order valence-corrected chi connectivity index (χ1v) is 10.8. The molecule has 1 aromatic heterocycles. The quantitative estimate of drug-likeness (QED) is 0.299. The van der Waals surface area contributed by atoms with Gasteiger partial charge in [-0.25, -0.2) is 0 Å². The molecule has 0 radical (unpaired) electrons. The molecule has 0 atom stereocenters. The van der Waals surface area contributed by atoms with Gasteiger partial charge in [-0.05, 0) is 41.0 Å². The minimum absolute atomic E-state index is 0.0437. The van der Waals surface area contributed by atoms with E-state index in [4.69, 9.17) is 0 Å². The van der Waals surface area contributed by atoms with Gasteiger partial charge in [-0.1, -0.05) is 109 Å². The SMILES string of the molecule is O=C(c1ccccc1)n1cccc1C(c1ccccc1)(c1ccccc1)c1ccccc1. The second kappa shape index (κ2) is 8.52. The van der Waals surface area contributed by atoms with E-state index in [0.717, 1.165) is 22.4 Å². The molecule has 2 heteroatoms. The summed E-state index contributed by atoms with van der Waals surface area (Å²) in [6, 6.07) is 44.8. The van der Waals surface area contributed by atoms with Crippen LogP contribution < -0.4 is 0 Å². The maximum Gasteiger partial charge on any atom is 0.262 e. The van der Waals surface area contributed by atoms with Crippen molar-refractivity contribution in [3.63, 3.8) is 0 Å². The summed E-state index contributed by atoms with van der Waals surface area (Å²) in [7, 11) is 0. The molecule has 0 unspecified atom stereocenters. The molecule has 1 heterocycles. The third-order valence-electron chi connectivity index (χ3n) is 5.99. The van der Waals surface area contributed by atoms with Gasteiger partial charge in [0.1, 0.15) is 0 Å². The average Bonchev–Trinajstić information content (AvgIpc) is 3.37. The number of carbonyl (C=O) groups is 1. The standard InChI is InChI=1S/C30H23NO/c32-29(24-14-5-1-6-15-24)31-23-13-22-28(31)30(25-16-7-2-8-17-25,26-18-9-3-10-19-26)27-20-11-4-12-21-27/h1-23H. The average molecular weight is 414 g/mol. The Morgan fingerprint density at radius 2 is 0.906 bits per heavy atom. The molecule has 5 rings (SSSR count). The molecular formula is C30H23NO. The van der Waals surface area contributed by atoms with Crippen molar-refractivity contribution in [3.05, 3.63) is 168 Å². The summed E-state index contributed by atoms with van der Waals surface area (Å²) < 4.78 is 1.79. The summed E-state index contributed by atoms with van der Waals surface area (Å²) in [5.74, 6) is -0.0437. The number of carbonyl (C=O) groups excluding carboxylic acids is 1. The summed E-state index contributed by atoms with van der Waals surface area (Å²) in [6.45, 7) is 0. The van der Waals surface area contributed by atoms with Gasteiger partial charge in [-0.3, -0.25) is 9.36 Å². The first-order chi connectivity index (χ1) is 15.8. The van der Waals surface area contributed by atoms with Gasteiger partial charge in [0, 0.05) is 17.5 Å². The van der Waals surface area contributed by atoms with Crippen molar-refractivity contribution in [1.29, 1.82) is 0 Å². The van der Waals surface area contributed by atoms with E-state index in [1.165, 1.54) is 0 Å². The number of rotatable bonds is 5.